The van der Waals surface area contributed by atoms with Crippen LogP contribution in [-0.4, -0.2) is 24.3 Å². The molecule has 0 aliphatic heterocycles. The monoisotopic (exact) mass is 329 g/mol. The fraction of sp³-hybridized carbons (Fsp3) is 0.154. The second-order valence-corrected chi connectivity index (χ2v) is 6.02. The van der Waals surface area contributed by atoms with Crippen molar-refractivity contribution >= 4 is 27.6 Å². The summed E-state index contributed by atoms with van der Waals surface area (Å²) in [6.07, 6.45) is 1.47. The van der Waals surface area contributed by atoms with Gasteiger partial charge in [0.2, 0.25) is 11.9 Å². The minimum atomic E-state index is -3.76. The molecule has 0 atom stereocenters. The van der Waals surface area contributed by atoms with E-state index in [9.17, 15) is 13.2 Å². The predicted octanol–water partition coefficient (Wildman–Crippen LogP) is -1.45. The van der Waals surface area contributed by atoms with Crippen molar-refractivity contribution in [2.75, 3.05) is 10.0 Å². The van der Waals surface area contributed by atoms with Gasteiger partial charge in [0.25, 0.3) is 10.0 Å². The van der Waals surface area contributed by atoms with E-state index < -0.39 is 10.0 Å². The first-order valence-corrected chi connectivity index (χ1v) is 7.55. The van der Waals surface area contributed by atoms with Gasteiger partial charge < -0.3 is 5.32 Å². The average Bonchev–Trinajstić information content (AvgIpc) is 2.38. The van der Waals surface area contributed by atoms with Crippen molar-refractivity contribution in [1.82, 2.24) is 9.97 Å². The number of nitrogens with one attached hydrogen (secondary N) is 2. The molecule has 7 nitrogen and oxygen atoms in total. The SMILES string of the molecule is CC(=O)Nc1ccc(S(=O)(=O)Nc2nccc(C)n2)cc1.[Na+]. The summed E-state index contributed by atoms with van der Waals surface area (Å²) in [4.78, 5) is 18.8. The minimum Gasteiger partial charge on any atom is -0.326 e. The topological polar surface area (TPSA) is 101 Å². The molecule has 0 unspecified atom stereocenters. The Hall–Kier alpha value is -1.48. The van der Waals surface area contributed by atoms with E-state index in [4.69, 9.17) is 0 Å². The summed E-state index contributed by atoms with van der Waals surface area (Å²) < 4.78 is 26.6. The van der Waals surface area contributed by atoms with Crippen molar-refractivity contribution in [3.8, 4) is 0 Å². The second kappa shape index (κ2) is 7.68. The molecule has 1 heterocycles. The number of benzene rings is 1. The van der Waals surface area contributed by atoms with E-state index in [0.717, 1.165) is 0 Å². The Morgan fingerprint density at radius 2 is 1.77 bits per heavy atom. The standard InChI is InChI=1S/C13H14N4O3S.Na/c1-9-7-8-14-13(15-9)17-21(19,20)12-5-3-11(4-6-12)16-10(2)18;/h3-8H,1-2H3,(H,16,18)(H,14,15,17);/q;+1. The van der Waals surface area contributed by atoms with E-state index in [2.05, 4.69) is 20.0 Å². The van der Waals surface area contributed by atoms with Crippen molar-refractivity contribution in [2.24, 2.45) is 0 Å². The Balaban J connectivity index is 0.00000242. The van der Waals surface area contributed by atoms with E-state index in [0.29, 0.717) is 11.4 Å². The molecule has 1 aromatic carbocycles. The second-order valence-electron chi connectivity index (χ2n) is 4.33. The van der Waals surface area contributed by atoms with Crippen LogP contribution >= 0.6 is 0 Å². The Morgan fingerprint density at radius 1 is 1.14 bits per heavy atom. The van der Waals surface area contributed by atoms with Crippen LogP contribution in [0.5, 0.6) is 0 Å². The average molecular weight is 329 g/mol. The number of sulfonamides is 1. The summed E-state index contributed by atoms with van der Waals surface area (Å²) >= 11 is 0. The van der Waals surface area contributed by atoms with Crippen LogP contribution in [0.4, 0.5) is 11.6 Å². The molecule has 9 heteroatoms. The molecular formula is C13H14N4NaO3S+. The molecule has 0 aliphatic rings. The zero-order chi connectivity index (χ0) is 15.5. The Kier molecular flexibility index (Phi) is 6.48. The van der Waals surface area contributed by atoms with Gasteiger partial charge in [-0.2, -0.15) is 0 Å². The van der Waals surface area contributed by atoms with E-state index in [1.165, 1.54) is 37.4 Å². The van der Waals surface area contributed by atoms with Crippen LogP contribution in [0.1, 0.15) is 12.6 Å². The molecule has 0 saturated heterocycles. The van der Waals surface area contributed by atoms with Gasteiger partial charge in [0, 0.05) is 24.5 Å². The minimum absolute atomic E-state index is 0. The van der Waals surface area contributed by atoms with Gasteiger partial charge in [-0.05, 0) is 37.3 Å². The van der Waals surface area contributed by atoms with Crippen molar-refractivity contribution in [3.63, 3.8) is 0 Å². The first-order chi connectivity index (χ1) is 9.87. The fourth-order valence-electron chi connectivity index (χ4n) is 1.60. The molecule has 0 radical (unpaired) electrons. The van der Waals surface area contributed by atoms with Gasteiger partial charge in [0.15, 0.2) is 0 Å². The number of nitrogens with zero attached hydrogens (tertiary/aromatic N) is 2. The molecule has 0 spiro atoms. The maximum Gasteiger partial charge on any atom is 1.00 e. The van der Waals surface area contributed by atoms with Crippen LogP contribution < -0.4 is 39.6 Å². The van der Waals surface area contributed by atoms with Gasteiger partial charge in [0.05, 0.1) is 4.90 Å². The summed E-state index contributed by atoms with van der Waals surface area (Å²) in [6, 6.07) is 7.47. The Labute approximate surface area is 150 Å². The molecule has 0 bridgehead atoms. The number of rotatable bonds is 4. The van der Waals surface area contributed by atoms with Gasteiger partial charge >= 0.3 is 29.6 Å². The number of aromatic nitrogens is 2. The molecule has 2 rings (SSSR count). The third kappa shape index (κ3) is 5.06. The van der Waals surface area contributed by atoms with Crippen LogP contribution in [0.2, 0.25) is 0 Å². The van der Waals surface area contributed by atoms with Crippen LogP contribution in [0.15, 0.2) is 41.4 Å². The van der Waals surface area contributed by atoms with Gasteiger partial charge in [0.1, 0.15) is 0 Å². The molecule has 2 aromatic rings. The molecule has 2 N–H and O–H groups in total. The Morgan fingerprint density at radius 3 is 2.32 bits per heavy atom. The summed E-state index contributed by atoms with van der Waals surface area (Å²) in [5.74, 6) is -0.210. The van der Waals surface area contributed by atoms with E-state index in [-0.39, 0.29) is 46.3 Å². The fourth-order valence-corrected chi connectivity index (χ4v) is 2.55. The number of hydrogen-bond acceptors (Lipinski definition) is 5. The summed E-state index contributed by atoms with van der Waals surface area (Å²) in [5, 5.41) is 2.56. The molecule has 110 valence electrons. The van der Waals surface area contributed by atoms with E-state index >= 15 is 0 Å². The van der Waals surface area contributed by atoms with Gasteiger partial charge in [-0.3, -0.25) is 4.79 Å². The number of anilines is 2. The molecule has 0 fully saturated rings. The van der Waals surface area contributed by atoms with Crippen LogP contribution in [-0.2, 0) is 14.8 Å². The summed E-state index contributed by atoms with van der Waals surface area (Å²) in [6.45, 7) is 3.11. The molecule has 22 heavy (non-hydrogen) atoms. The first kappa shape index (κ1) is 18.6. The Bertz CT molecular complexity index is 763. The zero-order valence-electron chi connectivity index (χ0n) is 12.5. The molecule has 0 saturated carbocycles. The van der Waals surface area contributed by atoms with E-state index in [1.807, 2.05) is 0 Å². The zero-order valence-corrected chi connectivity index (χ0v) is 15.3. The molecule has 0 aliphatic carbocycles. The quantitative estimate of drug-likeness (QED) is 0.668. The molecule has 1 aromatic heterocycles. The summed E-state index contributed by atoms with van der Waals surface area (Å²) in [7, 11) is -3.76. The van der Waals surface area contributed by atoms with Gasteiger partial charge in [-0.1, -0.05) is 0 Å². The van der Waals surface area contributed by atoms with Crippen molar-refractivity contribution in [2.45, 2.75) is 18.7 Å². The number of amides is 1. The maximum absolute atomic E-state index is 12.2. The third-order valence-electron chi connectivity index (χ3n) is 2.51. The van der Waals surface area contributed by atoms with Crippen LogP contribution in [0.25, 0.3) is 0 Å². The number of carbonyl (C=O) groups is 1. The van der Waals surface area contributed by atoms with Gasteiger partial charge in [-0.15, -0.1) is 0 Å². The molecule has 1 amide bonds. The number of carbonyl (C=O) groups excluding carboxylic acids is 1. The largest absolute Gasteiger partial charge is 1.00 e. The number of aryl methyl sites for hydroxylation is 1. The first-order valence-electron chi connectivity index (χ1n) is 6.07. The molecular weight excluding hydrogens is 315 g/mol. The number of hydrogen-bond donors (Lipinski definition) is 2. The smallest absolute Gasteiger partial charge is 0.326 e. The normalized spacial score (nSPS) is 10.5. The maximum atomic E-state index is 12.2. The van der Waals surface area contributed by atoms with Crippen LogP contribution in [0.3, 0.4) is 0 Å². The van der Waals surface area contributed by atoms with Crippen molar-refractivity contribution in [3.05, 3.63) is 42.2 Å². The van der Waals surface area contributed by atoms with Crippen molar-refractivity contribution in [1.29, 1.82) is 0 Å². The summed E-state index contributed by atoms with van der Waals surface area (Å²) in [5.41, 5.74) is 1.18. The van der Waals surface area contributed by atoms with Crippen LogP contribution in [0, 0.1) is 6.92 Å². The predicted molar refractivity (Wildman–Crippen MR) is 78.3 cm³/mol. The van der Waals surface area contributed by atoms with Gasteiger partial charge in [-0.25, -0.2) is 23.1 Å². The van der Waals surface area contributed by atoms with Crippen molar-refractivity contribution < 1.29 is 42.8 Å². The van der Waals surface area contributed by atoms with E-state index in [1.54, 1.807) is 13.0 Å². The third-order valence-corrected chi connectivity index (χ3v) is 3.85.